The van der Waals surface area contributed by atoms with Gasteiger partial charge >= 0.3 is 0 Å². The summed E-state index contributed by atoms with van der Waals surface area (Å²) in [6, 6.07) is 18.6. The van der Waals surface area contributed by atoms with Gasteiger partial charge in [-0.2, -0.15) is 0 Å². The number of fused-ring (bicyclic) bond motifs is 1. The summed E-state index contributed by atoms with van der Waals surface area (Å²) in [5.41, 5.74) is 8.48. The standard InChI is InChI=1S/C17H15BrN2S/c18-14-4-1-5-15(10-14)21-11-16(19)12-6-7-17-13(9-12)3-2-8-20-17/h1-10,16H,11,19H2. The van der Waals surface area contributed by atoms with Crippen molar-refractivity contribution < 1.29 is 0 Å². The molecule has 106 valence electrons. The summed E-state index contributed by atoms with van der Waals surface area (Å²) in [5, 5.41) is 1.14. The summed E-state index contributed by atoms with van der Waals surface area (Å²) in [6.07, 6.45) is 1.81. The Kier molecular flexibility index (Phi) is 4.58. The van der Waals surface area contributed by atoms with Crippen LogP contribution in [0.2, 0.25) is 0 Å². The maximum atomic E-state index is 6.32. The van der Waals surface area contributed by atoms with Crippen molar-refractivity contribution in [3.8, 4) is 0 Å². The lowest BCUT2D eigenvalue weighted by atomic mass is 10.1. The highest BCUT2D eigenvalue weighted by molar-refractivity contribution is 9.10. The van der Waals surface area contributed by atoms with E-state index in [1.807, 2.05) is 30.5 Å². The molecule has 0 aliphatic carbocycles. The van der Waals surface area contributed by atoms with E-state index in [1.54, 1.807) is 11.8 Å². The minimum atomic E-state index is 0.0126. The summed E-state index contributed by atoms with van der Waals surface area (Å²) in [5.74, 6) is 0.849. The van der Waals surface area contributed by atoms with Crippen molar-refractivity contribution in [1.29, 1.82) is 0 Å². The van der Waals surface area contributed by atoms with Crippen molar-refractivity contribution >= 4 is 38.6 Å². The molecule has 21 heavy (non-hydrogen) atoms. The molecule has 4 heteroatoms. The number of benzene rings is 2. The Morgan fingerprint density at radius 1 is 1.10 bits per heavy atom. The van der Waals surface area contributed by atoms with Gasteiger partial charge in [-0.3, -0.25) is 4.98 Å². The second-order valence-electron chi connectivity index (χ2n) is 4.83. The first-order valence-electron chi connectivity index (χ1n) is 6.71. The molecule has 0 fully saturated rings. The highest BCUT2D eigenvalue weighted by Gasteiger charge is 2.08. The third-order valence-electron chi connectivity index (χ3n) is 3.28. The van der Waals surface area contributed by atoms with Crippen LogP contribution < -0.4 is 5.73 Å². The number of nitrogens with two attached hydrogens (primary N) is 1. The van der Waals surface area contributed by atoms with Gasteiger partial charge in [0.1, 0.15) is 0 Å². The number of pyridine rings is 1. The fraction of sp³-hybridized carbons (Fsp3) is 0.118. The smallest absolute Gasteiger partial charge is 0.0702 e. The number of aromatic nitrogens is 1. The van der Waals surface area contributed by atoms with E-state index in [-0.39, 0.29) is 6.04 Å². The Morgan fingerprint density at radius 3 is 2.86 bits per heavy atom. The Hall–Kier alpha value is -1.36. The van der Waals surface area contributed by atoms with Gasteiger partial charge in [0.15, 0.2) is 0 Å². The topological polar surface area (TPSA) is 38.9 Å². The molecule has 0 radical (unpaired) electrons. The van der Waals surface area contributed by atoms with E-state index in [2.05, 4.69) is 51.2 Å². The van der Waals surface area contributed by atoms with Gasteiger partial charge in [0.05, 0.1) is 5.52 Å². The predicted molar refractivity (Wildman–Crippen MR) is 93.5 cm³/mol. The maximum Gasteiger partial charge on any atom is 0.0702 e. The highest BCUT2D eigenvalue weighted by atomic mass is 79.9. The fourth-order valence-electron chi connectivity index (χ4n) is 2.16. The third kappa shape index (κ3) is 3.64. The van der Waals surface area contributed by atoms with Gasteiger partial charge in [-0.05, 0) is 42.0 Å². The van der Waals surface area contributed by atoms with Crippen LogP contribution in [0.5, 0.6) is 0 Å². The van der Waals surface area contributed by atoms with Crippen molar-refractivity contribution in [3.63, 3.8) is 0 Å². The lowest BCUT2D eigenvalue weighted by Gasteiger charge is -2.12. The quantitative estimate of drug-likeness (QED) is 0.681. The molecule has 2 N–H and O–H groups in total. The van der Waals surface area contributed by atoms with Crippen molar-refractivity contribution in [1.82, 2.24) is 4.98 Å². The van der Waals surface area contributed by atoms with Gasteiger partial charge in [-0.15, -0.1) is 11.8 Å². The third-order valence-corrected chi connectivity index (χ3v) is 4.89. The van der Waals surface area contributed by atoms with Crippen LogP contribution in [0.1, 0.15) is 11.6 Å². The number of rotatable bonds is 4. The van der Waals surface area contributed by atoms with Gasteiger partial charge in [0.25, 0.3) is 0 Å². The Labute approximate surface area is 136 Å². The molecule has 0 aliphatic rings. The van der Waals surface area contributed by atoms with E-state index in [0.29, 0.717) is 0 Å². The molecule has 2 nitrogen and oxygen atoms in total. The average Bonchev–Trinajstić information content (AvgIpc) is 2.52. The zero-order valence-electron chi connectivity index (χ0n) is 11.4. The average molecular weight is 359 g/mol. The van der Waals surface area contributed by atoms with Crippen LogP contribution in [-0.4, -0.2) is 10.7 Å². The molecule has 0 saturated carbocycles. The Morgan fingerprint density at radius 2 is 2.00 bits per heavy atom. The van der Waals surface area contributed by atoms with E-state index >= 15 is 0 Å². The molecule has 3 aromatic rings. The maximum absolute atomic E-state index is 6.32. The molecule has 0 saturated heterocycles. The van der Waals surface area contributed by atoms with Crippen LogP contribution in [-0.2, 0) is 0 Å². The largest absolute Gasteiger partial charge is 0.323 e. The molecular formula is C17H15BrN2S. The first-order chi connectivity index (χ1) is 10.2. The van der Waals surface area contributed by atoms with E-state index in [0.717, 1.165) is 26.7 Å². The first-order valence-corrected chi connectivity index (χ1v) is 8.49. The minimum Gasteiger partial charge on any atom is -0.323 e. The van der Waals surface area contributed by atoms with Gasteiger partial charge in [-0.1, -0.05) is 34.1 Å². The van der Waals surface area contributed by atoms with E-state index < -0.39 is 0 Å². The van der Waals surface area contributed by atoms with Crippen molar-refractivity contribution in [2.24, 2.45) is 5.73 Å². The van der Waals surface area contributed by atoms with Crippen LogP contribution in [0.15, 0.2) is 70.2 Å². The SMILES string of the molecule is NC(CSc1cccc(Br)c1)c1ccc2ncccc2c1. The lowest BCUT2D eigenvalue weighted by Crippen LogP contribution is -2.12. The van der Waals surface area contributed by atoms with Crippen LogP contribution in [0.25, 0.3) is 10.9 Å². The van der Waals surface area contributed by atoms with E-state index in [1.165, 1.54) is 4.90 Å². The molecule has 0 spiro atoms. The number of thioether (sulfide) groups is 1. The van der Waals surface area contributed by atoms with Crippen molar-refractivity contribution in [2.45, 2.75) is 10.9 Å². The van der Waals surface area contributed by atoms with Crippen molar-refractivity contribution in [3.05, 3.63) is 70.8 Å². The minimum absolute atomic E-state index is 0.0126. The van der Waals surface area contributed by atoms with Crippen LogP contribution in [0.3, 0.4) is 0 Å². The number of nitrogens with zero attached hydrogens (tertiary/aromatic N) is 1. The lowest BCUT2D eigenvalue weighted by molar-refractivity contribution is 0.833. The molecule has 1 atom stereocenters. The summed E-state index contributed by atoms with van der Waals surface area (Å²) < 4.78 is 1.10. The number of hydrogen-bond donors (Lipinski definition) is 1. The van der Waals surface area contributed by atoms with E-state index in [4.69, 9.17) is 5.73 Å². The molecule has 1 aromatic heterocycles. The molecule has 0 aliphatic heterocycles. The Bertz CT molecular complexity index is 760. The molecule has 1 unspecified atom stereocenters. The molecule has 2 aromatic carbocycles. The van der Waals surface area contributed by atoms with Gasteiger partial charge in [-0.25, -0.2) is 0 Å². The molecule has 3 rings (SSSR count). The summed E-state index contributed by atoms with van der Waals surface area (Å²) in [4.78, 5) is 5.56. The zero-order chi connectivity index (χ0) is 14.7. The van der Waals surface area contributed by atoms with Crippen molar-refractivity contribution in [2.75, 3.05) is 5.75 Å². The summed E-state index contributed by atoms with van der Waals surface area (Å²) in [7, 11) is 0. The predicted octanol–water partition coefficient (Wildman–Crippen LogP) is 4.79. The summed E-state index contributed by atoms with van der Waals surface area (Å²) in [6.45, 7) is 0. The first kappa shape index (κ1) is 14.6. The van der Waals surface area contributed by atoms with Gasteiger partial charge in [0, 0.05) is 32.7 Å². The van der Waals surface area contributed by atoms with E-state index in [9.17, 15) is 0 Å². The fourth-order valence-corrected chi connectivity index (χ4v) is 3.66. The van der Waals surface area contributed by atoms with Crippen LogP contribution >= 0.6 is 27.7 Å². The molecule has 1 heterocycles. The van der Waals surface area contributed by atoms with Gasteiger partial charge < -0.3 is 5.73 Å². The molecular weight excluding hydrogens is 344 g/mol. The number of hydrogen-bond acceptors (Lipinski definition) is 3. The zero-order valence-corrected chi connectivity index (χ0v) is 13.8. The number of halogens is 1. The van der Waals surface area contributed by atoms with Gasteiger partial charge in [0.2, 0.25) is 0 Å². The Balaban J connectivity index is 1.73. The second kappa shape index (κ2) is 6.60. The van der Waals surface area contributed by atoms with Crippen LogP contribution in [0.4, 0.5) is 0 Å². The monoisotopic (exact) mass is 358 g/mol. The summed E-state index contributed by atoms with van der Waals surface area (Å²) >= 11 is 5.26. The second-order valence-corrected chi connectivity index (χ2v) is 6.84. The normalized spacial score (nSPS) is 12.5. The molecule has 0 bridgehead atoms. The van der Waals surface area contributed by atoms with Crippen LogP contribution in [0, 0.1) is 0 Å². The molecule has 0 amide bonds. The highest BCUT2D eigenvalue weighted by Crippen LogP contribution is 2.26.